The molecule has 0 fully saturated rings. The molecular formula is C22H14Br2F2NOP. The van der Waals surface area contributed by atoms with Gasteiger partial charge in [-0.3, -0.25) is 0 Å². The number of alkyl halides is 2. The number of rotatable bonds is 4. The van der Waals surface area contributed by atoms with Crippen molar-refractivity contribution in [3.8, 4) is 0 Å². The minimum absolute atomic E-state index is 0.149. The van der Waals surface area contributed by atoms with Crippen LogP contribution in [-0.2, 0) is 4.57 Å². The summed E-state index contributed by atoms with van der Waals surface area (Å²) in [5.74, 6) is 0. The molecule has 0 saturated carbocycles. The van der Waals surface area contributed by atoms with E-state index in [1.54, 1.807) is 72.8 Å². The number of hydrogen-bond donors (Lipinski definition) is 0. The van der Waals surface area contributed by atoms with E-state index in [0.29, 0.717) is 21.5 Å². The van der Waals surface area contributed by atoms with E-state index in [0.717, 1.165) is 8.95 Å². The zero-order chi connectivity index (χ0) is 20.6. The average Bonchev–Trinajstić information content (AvgIpc) is 2.73. The summed E-state index contributed by atoms with van der Waals surface area (Å²) in [7, 11) is -3.47. The summed E-state index contributed by atoms with van der Waals surface area (Å²) in [6, 6.07) is 22.1. The van der Waals surface area contributed by atoms with Crippen LogP contribution < -0.4 is 16.0 Å². The van der Waals surface area contributed by atoms with Crippen LogP contribution in [0.1, 0.15) is 12.0 Å². The lowest BCUT2D eigenvalue weighted by Gasteiger charge is -2.21. The first kappa shape index (κ1) is 20.4. The molecule has 0 aliphatic heterocycles. The second-order valence-electron chi connectivity index (χ2n) is 6.45. The van der Waals surface area contributed by atoms with Crippen molar-refractivity contribution in [2.75, 3.05) is 0 Å². The molecular weight excluding hydrogens is 523 g/mol. The van der Waals surface area contributed by atoms with Gasteiger partial charge in [0.05, 0.1) is 5.52 Å². The summed E-state index contributed by atoms with van der Waals surface area (Å²) >= 11 is 6.77. The Morgan fingerprint density at radius 3 is 1.83 bits per heavy atom. The van der Waals surface area contributed by atoms with E-state index in [2.05, 4.69) is 36.8 Å². The van der Waals surface area contributed by atoms with Crippen molar-refractivity contribution in [1.29, 1.82) is 0 Å². The lowest BCUT2D eigenvalue weighted by atomic mass is 10.1. The Bertz CT molecular complexity index is 1180. The highest BCUT2D eigenvalue weighted by Gasteiger charge is 2.33. The van der Waals surface area contributed by atoms with Crippen LogP contribution in [0.2, 0.25) is 0 Å². The van der Waals surface area contributed by atoms with E-state index in [9.17, 15) is 13.3 Å². The molecule has 0 bridgehead atoms. The van der Waals surface area contributed by atoms with Crippen molar-refractivity contribution in [2.45, 2.75) is 6.43 Å². The van der Waals surface area contributed by atoms with Gasteiger partial charge >= 0.3 is 0 Å². The van der Waals surface area contributed by atoms with E-state index < -0.39 is 13.6 Å². The van der Waals surface area contributed by atoms with Gasteiger partial charge in [0, 0.05) is 30.5 Å². The Balaban J connectivity index is 2.05. The predicted octanol–water partition coefficient (Wildman–Crippen LogP) is 6.34. The van der Waals surface area contributed by atoms with Crippen LogP contribution in [-0.4, -0.2) is 4.98 Å². The van der Waals surface area contributed by atoms with Crippen molar-refractivity contribution in [3.05, 3.63) is 93.4 Å². The first-order chi connectivity index (χ1) is 13.9. The van der Waals surface area contributed by atoms with Gasteiger partial charge in [-0.05, 0) is 60.7 Å². The molecule has 2 nitrogen and oxygen atoms in total. The smallest absolute Gasteiger partial charge is 0.264 e. The molecule has 1 aromatic heterocycles. The van der Waals surface area contributed by atoms with E-state index in [4.69, 9.17) is 0 Å². The van der Waals surface area contributed by atoms with Gasteiger partial charge in [0.25, 0.3) is 6.43 Å². The van der Waals surface area contributed by atoms with Crippen LogP contribution in [0.25, 0.3) is 10.9 Å². The first-order valence-corrected chi connectivity index (χ1v) is 12.0. The third-order valence-corrected chi connectivity index (χ3v) is 8.66. The first-order valence-electron chi connectivity index (χ1n) is 8.70. The zero-order valence-electron chi connectivity index (χ0n) is 14.9. The summed E-state index contributed by atoms with van der Waals surface area (Å²) in [5, 5.41) is 1.43. The monoisotopic (exact) mass is 535 g/mol. The maximum Gasteiger partial charge on any atom is 0.264 e. The maximum atomic E-state index is 14.5. The van der Waals surface area contributed by atoms with Crippen molar-refractivity contribution in [3.63, 3.8) is 0 Å². The Kier molecular flexibility index (Phi) is 5.69. The molecule has 7 heteroatoms. The molecule has 4 aromatic rings. The quantitative estimate of drug-likeness (QED) is 0.285. The van der Waals surface area contributed by atoms with Gasteiger partial charge in [-0.1, -0.05) is 50.1 Å². The number of aromatic nitrogens is 1. The molecule has 0 atom stereocenters. The van der Waals surface area contributed by atoms with Crippen LogP contribution in [0.5, 0.6) is 0 Å². The number of benzene rings is 3. The number of nitrogens with zero attached hydrogens (tertiary/aromatic N) is 1. The minimum Gasteiger partial charge on any atom is -0.307 e. The van der Waals surface area contributed by atoms with Gasteiger partial charge < -0.3 is 4.57 Å². The standard InChI is InChI=1S/C22H14Br2F2NOP/c23-14-5-9-16(10-6-14)29(28,17-11-7-15(24)8-12-17)21-13-19(22(25)26)18-3-1-2-4-20(18)27-21/h1-13,22H. The molecule has 0 aliphatic rings. The van der Waals surface area contributed by atoms with E-state index in [-0.39, 0.29) is 11.0 Å². The lowest BCUT2D eigenvalue weighted by molar-refractivity contribution is 0.153. The molecule has 4 rings (SSSR count). The van der Waals surface area contributed by atoms with Crippen LogP contribution in [0.15, 0.2) is 87.8 Å². The van der Waals surface area contributed by atoms with Gasteiger partial charge in [-0.15, -0.1) is 0 Å². The maximum absolute atomic E-state index is 14.5. The van der Waals surface area contributed by atoms with Crippen molar-refractivity contribution < 1.29 is 13.3 Å². The van der Waals surface area contributed by atoms with Gasteiger partial charge in [0.2, 0.25) is 0 Å². The van der Waals surface area contributed by atoms with E-state index in [1.165, 1.54) is 6.07 Å². The third-order valence-electron chi connectivity index (χ3n) is 4.67. The fourth-order valence-corrected chi connectivity index (χ4v) is 6.31. The molecule has 1 heterocycles. The van der Waals surface area contributed by atoms with Crippen LogP contribution >= 0.6 is 39.0 Å². The third kappa shape index (κ3) is 3.81. The molecule has 3 aromatic carbocycles. The normalized spacial score (nSPS) is 11.9. The number of para-hydroxylation sites is 1. The molecule has 0 radical (unpaired) electrons. The van der Waals surface area contributed by atoms with Crippen LogP contribution in [0.4, 0.5) is 8.78 Å². The molecule has 0 saturated heterocycles. The van der Waals surface area contributed by atoms with E-state index in [1.807, 2.05) is 0 Å². The number of halogens is 4. The Labute approximate surface area is 183 Å². The molecule has 29 heavy (non-hydrogen) atoms. The SMILES string of the molecule is O=P(c1ccc(Br)cc1)(c1ccc(Br)cc1)c1cc(C(F)F)c2ccccc2n1. The van der Waals surface area contributed by atoms with Gasteiger partial charge in [-0.2, -0.15) is 0 Å². The van der Waals surface area contributed by atoms with Gasteiger partial charge in [0.15, 0.2) is 7.14 Å². The number of pyridine rings is 1. The second-order valence-corrected chi connectivity index (χ2v) is 11.0. The van der Waals surface area contributed by atoms with E-state index >= 15 is 0 Å². The summed E-state index contributed by atoms with van der Waals surface area (Å²) in [4.78, 5) is 4.57. The van der Waals surface area contributed by atoms with Gasteiger partial charge in [-0.25, -0.2) is 13.8 Å². The predicted molar refractivity (Wildman–Crippen MR) is 121 cm³/mol. The van der Waals surface area contributed by atoms with Crippen molar-refractivity contribution in [1.82, 2.24) is 4.98 Å². The summed E-state index contributed by atoms with van der Waals surface area (Å²) in [6.45, 7) is 0. The molecule has 0 N–H and O–H groups in total. The van der Waals surface area contributed by atoms with Crippen molar-refractivity contribution >= 4 is 65.9 Å². The molecule has 146 valence electrons. The molecule has 0 amide bonds. The Hall–Kier alpha value is -1.88. The largest absolute Gasteiger partial charge is 0.307 e. The average molecular weight is 537 g/mol. The summed E-state index contributed by atoms with van der Waals surface area (Å²) in [6.07, 6.45) is -2.70. The Morgan fingerprint density at radius 2 is 1.31 bits per heavy atom. The number of hydrogen-bond acceptors (Lipinski definition) is 2. The fraction of sp³-hybridized carbons (Fsp3) is 0.0455. The van der Waals surface area contributed by atoms with Crippen LogP contribution in [0, 0.1) is 0 Å². The highest BCUT2D eigenvalue weighted by molar-refractivity contribution is 9.10. The Morgan fingerprint density at radius 1 is 0.793 bits per heavy atom. The topological polar surface area (TPSA) is 30.0 Å². The highest BCUT2D eigenvalue weighted by Crippen LogP contribution is 2.43. The summed E-state index contributed by atoms with van der Waals surface area (Å²) in [5.41, 5.74) is 0.381. The fourth-order valence-electron chi connectivity index (χ4n) is 3.25. The molecule has 0 spiro atoms. The van der Waals surface area contributed by atoms with Crippen molar-refractivity contribution in [2.24, 2.45) is 0 Å². The molecule has 0 aliphatic carbocycles. The minimum atomic E-state index is -3.47. The molecule has 0 unspecified atom stereocenters. The van der Waals surface area contributed by atoms with Gasteiger partial charge in [0.1, 0.15) is 5.44 Å². The summed E-state index contributed by atoms with van der Waals surface area (Å²) < 4.78 is 43.9. The number of fused-ring (bicyclic) bond motifs is 1. The lowest BCUT2D eigenvalue weighted by Crippen LogP contribution is -2.27. The highest BCUT2D eigenvalue weighted by atomic mass is 79.9. The van der Waals surface area contributed by atoms with Crippen LogP contribution in [0.3, 0.4) is 0 Å². The zero-order valence-corrected chi connectivity index (χ0v) is 19.0. The second kappa shape index (κ2) is 8.10.